The smallest absolute Gasteiger partial charge is 0.243 e. The number of ether oxygens (including phenoxy) is 1. The largest absolute Gasteiger partial charge is 0.497 e. The first-order chi connectivity index (χ1) is 17.8. The molecule has 0 spiro atoms. The standard InChI is InChI=1S/C26H30N6O4S/c1-19-5-7-20(8-6-19)27-23-18-24(32-13-3-4-25(32)33)29-26(28-23)30-14-16-31(17-15-30)37(34,35)22-11-9-21(36-2)10-12-22/h5-12,18H,3-4,13-17H2,1-2H3,(H,27,28,29). The van der Waals surface area contributed by atoms with Crippen LogP contribution < -0.4 is 19.9 Å². The van der Waals surface area contributed by atoms with E-state index in [9.17, 15) is 13.2 Å². The zero-order valence-electron chi connectivity index (χ0n) is 20.9. The Morgan fingerprint density at radius 1 is 0.919 bits per heavy atom. The number of hydrogen-bond acceptors (Lipinski definition) is 8. The van der Waals surface area contributed by atoms with E-state index in [1.807, 2.05) is 36.1 Å². The lowest BCUT2D eigenvalue weighted by Gasteiger charge is -2.34. The molecule has 5 rings (SSSR count). The molecule has 0 unspecified atom stereocenters. The number of hydrogen-bond donors (Lipinski definition) is 1. The van der Waals surface area contributed by atoms with Gasteiger partial charge in [-0.05, 0) is 49.7 Å². The highest BCUT2D eigenvalue weighted by molar-refractivity contribution is 7.89. The molecule has 0 aliphatic carbocycles. The fourth-order valence-corrected chi connectivity index (χ4v) is 5.89. The quantitative estimate of drug-likeness (QED) is 0.504. The van der Waals surface area contributed by atoms with Gasteiger partial charge in [-0.3, -0.25) is 9.69 Å². The summed E-state index contributed by atoms with van der Waals surface area (Å²) in [4.78, 5) is 25.8. The van der Waals surface area contributed by atoms with Crippen LogP contribution in [0.2, 0.25) is 0 Å². The average Bonchev–Trinajstić information content (AvgIpc) is 3.36. The number of benzene rings is 2. The molecule has 3 aromatic rings. The predicted molar refractivity (Wildman–Crippen MR) is 142 cm³/mol. The Labute approximate surface area is 216 Å². The van der Waals surface area contributed by atoms with Crippen molar-refractivity contribution in [1.29, 1.82) is 0 Å². The van der Waals surface area contributed by atoms with Crippen LogP contribution in [0.5, 0.6) is 5.75 Å². The second kappa shape index (κ2) is 10.3. The van der Waals surface area contributed by atoms with Gasteiger partial charge in [0, 0.05) is 50.9 Å². The summed E-state index contributed by atoms with van der Waals surface area (Å²) in [6.07, 6.45) is 1.29. The summed E-state index contributed by atoms with van der Waals surface area (Å²) in [6.45, 7) is 4.09. The van der Waals surface area contributed by atoms with Crippen LogP contribution in [0, 0.1) is 6.92 Å². The summed E-state index contributed by atoms with van der Waals surface area (Å²) in [5, 5.41) is 3.32. The van der Waals surface area contributed by atoms with E-state index in [1.165, 1.54) is 4.31 Å². The number of methoxy groups -OCH3 is 1. The minimum atomic E-state index is -3.63. The number of aryl methyl sites for hydroxylation is 1. The second-order valence-electron chi connectivity index (χ2n) is 9.12. The third-order valence-corrected chi connectivity index (χ3v) is 8.51. The van der Waals surface area contributed by atoms with E-state index in [2.05, 4.69) is 5.32 Å². The molecule has 0 radical (unpaired) electrons. The van der Waals surface area contributed by atoms with Gasteiger partial charge < -0.3 is 15.0 Å². The number of amides is 1. The molecular formula is C26H30N6O4S. The van der Waals surface area contributed by atoms with Crippen LogP contribution in [0.15, 0.2) is 59.5 Å². The topological polar surface area (TPSA) is 108 Å². The van der Waals surface area contributed by atoms with Gasteiger partial charge in [0.1, 0.15) is 17.4 Å². The van der Waals surface area contributed by atoms with Crippen molar-refractivity contribution in [1.82, 2.24) is 14.3 Å². The minimum Gasteiger partial charge on any atom is -0.497 e. The number of piperazine rings is 1. The highest BCUT2D eigenvalue weighted by Gasteiger charge is 2.30. The zero-order chi connectivity index (χ0) is 26.0. The second-order valence-corrected chi connectivity index (χ2v) is 11.1. The van der Waals surface area contributed by atoms with Crippen molar-refractivity contribution < 1.29 is 17.9 Å². The molecule has 0 bridgehead atoms. The van der Waals surface area contributed by atoms with Crippen molar-refractivity contribution in [3.05, 3.63) is 60.2 Å². The van der Waals surface area contributed by atoms with Gasteiger partial charge in [0.15, 0.2) is 0 Å². The summed E-state index contributed by atoms with van der Waals surface area (Å²) in [6, 6.07) is 16.2. The Bertz CT molecular complexity index is 1370. The number of anilines is 4. The van der Waals surface area contributed by atoms with Crippen molar-refractivity contribution in [2.45, 2.75) is 24.7 Å². The van der Waals surface area contributed by atoms with Crippen LogP contribution in [-0.2, 0) is 14.8 Å². The fourth-order valence-electron chi connectivity index (χ4n) is 4.47. The van der Waals surface area contributed by atoms with Gasteiger partial charge in [-0.2, -0.15) is 14.3 Å². The molecule has 1 N–H and O–H groups in total. The van der Waals surface area contributed by atoms with Crippen molar-refractivity contribution in [3.63, 3.8) is 0 Å². The minimum absolute atomic E-state index is 0.0429. The van der Waals surface area contributed by atoms with E-state index in [0.717, 1.165) is 17.7 Å². The third kappa shape index (κ3) is 5.37. The molecule has 0 atom stereocenters. The molecule has 2 aliphatic heterocycles. The average molecular weight is 523 g/mol. The van der Waals surface area contributed by atoms with Gasteiger partial charge in [0.2, 0.25) is 21.9 Å². The van der Waals surface area contributed by atoms with E-state index < -0.39 is 10.0 Å². The molecule has 2 fully saturated rings. The van der Waals surface area contributed by atoms with Crippen LogP contribution in [0.25, 0.3) is 0 Å². The summed E-state index contributed by atoms with van der Waals surface area (Å²) in [5.74, 6) is 2.24. The lowest BCUT2D eigenvalue weighted by molar-refractivity contribution is -0.117. The van der Waals surface area contributed by atoms with Crippen molar-refractivity contribution >= 4 is 39.2 Å². The van der Waals surface area contributed by atoms with Crippen LogP contribution in [0.1, 0.15) is 18.4 Å². The van der Waals surface area contributed by atoms with Gasteiger partial charge in [0.05, 0.1) is 12.0 Å². The van der Waals surface area contributed by atoms with E-state index in [1.54, 1.807) is 42.3 Å². The number of aromatic nitrogens is 2. The van der Waals surface area contributed by atoms with Crippen LogP contribution >= 0.6 is 0 Å². The van der Waals surface area contributed by atoms with Crippen LogP contribution in [-0.4, -0.2) is 68.4 Å². The number of nitrogens with zero attached hydrogens (tertiary/aromatic N) is 5. The molecule has 3 heterocycles. The molecular weight excluding hydrogens is 492 g/mol. The highest BCUT2D eigenvalue weighted by atomic mass is 32.2. The lowest BCUT2D eigenvalue weighted by Crippen LogP contribution is -2.49. The van der Waals surface area contributed by atoms with Crippen LogP contribution in [0.4, 0.5) is 23.3 Å². The van der Waals surface area contributed by atoms with Gasteiger partial charge in [0.25, 0.3) is 0 Å². The van der Waals surface area contributed by atoms with Gasteiger partial charge in [-0.1, -0.05) is 17.7 Å². The lowest BCUT2D eigenvalue weighted by atomic mass is 10.2. The summed E-state index contributed by atoms with van der Waals surface area (Å²) < 4.78 is 32.9. The first-order valence-corrected chi connectivity index (χ1v) is 13.7. The Hall–Kier alpha value is -3.70. The Morgan fingerprint density at radius 2 is 1.62 bits per heavy atom. The number of nitrogens with one attached hydrogen (secondary N) is 1. The highest BCUT2D eigenvalue weighted by Crippen LogP contribution is 2.28. The van der Waals surface area contributed by atoms with E-state index in [-0.39, 0.29) is 10.8 Å². The van der Waals surface area contributed by atoms with Gasteiger partial charge >= 0.3 is 0 Å². The van der Waals surface area contributed by atoms with Gasteiger partial charge in [-0.15, -0.1) is 0 Å². The predicted octanol–water partition coefficient (Wildman–Crippen LogP) is 3.17. The fraction of sp³-hybridized carbons (Fsp3) is 0.346. The Kier molecular flexibility index (Phi) is 6.98. The summed E-state index contributed by atoms with van der Waals surface area (Å²) in [7, 11) is -2.09. The van der Waals surface area contributed by atoms with Gasteiger partial charge in [-0.25, -0.2) is 8.42 Å². The Balaban J connectivity index is 1.36. The molecule has 2 aliphatic rings. The molecule has 1 aromatic heterocycles. The van der Waals surface area contributed by atoms with E-state index >= 15 is 0 Å². The molecule has 2 aromatic carbocycles. The van der Waals surface area contributed by atoms with Crippen molar-refractivity contribution in [2.24, 2.45) is 0 Å². The number of sulfonamides is 1. The molecule has 1 amide bonds. The normalized spacial score (nSPS) is 16.8. The number of carbonyl (C=O) groups is 1. The van der Waals surface area contributed by atoms with E-state index in [0.29, 0.717) is 62.5 Å². The molecule has 10 nitrogen and oxygen atoms in total. The molecule has 2 saturated heterocycles. The number of carbonyl (C=O) groups excluding carboxylic acids is 1. The Morgan fingerprint density at radius 3 is 2.24 bits per heavy atom. The molecule has 0 saturated carbocycles. The maximum absolute atomic E-state index is 13.2. The SMILES string of the molecule is COc1ccc(S(=O)(=O)N2CCN(c3nc(Nc4ccc(C)cc4)cc(N4CCCC4=O)n3)CC2)cc1. The zero-order valence-corrected chi connectivity index (χ0v) is 21.7. The van der Waals surface area contributed by atoms with Crippen LogP contribution in [0.3, 0.4) is 0 Å². The summed E-state index contributed by atoms with van der Waals surface area (Å²) in [5.41, 5.74) is 2.03. The maximum atomic E-state index is 13.2. The first kappa shape index (κ1) is 25.0. The molecule has 11 heteroatoms. The van der Waals surface area contributed by atoms with Crippen molar-refractivity contribution in [2.75, 3.05) is 55.0 Å². The third-order valence-electron chi connectivity index (χ3n) is 6.59. The van der Waals surface area contributed by atoms with E-state index in [4.69, 9.17) is 14.7 Å². The van der Waals surface area contributed by atoms with Crippen molar-refractivity contribution in [3.8, 4) is 5.75 Å². The number of rotatable bonds is 7. The maximum Gasteiger partial charge on any atom is 0.243 e. The monoisotopic (exact) mass is 522 g/mol. The first-order valence-electron chi connectivity index (χ1n) is 12.3. The molecule has 194 valence electrons. The summed E-state index contributed by atoms with van der Waals surface area (Å²) >= 11 is 0. The molecule has 37 heavy (non-hydrogen) atoms.